The minimum absolute atomic E-state index is 0.0119. The molecule has 4 aromatic rings. The second kappa shape index (κ2) is 15.2. The molecule has 0 unspecified atom stereocenters. The Kier molecular flexibility index (Phi) is 11.7. The van der Waals surface area contributed by atoms with Crippen LogP contribution in [-0.2, 0) is 10.5 Å². The molecule has 0 radical (unpaired) electrons. The Hall–Kier alpha value is -4.60. The average molecular weight is 628 g/mol. The molecule has 0 spiro atoms. The number of nitrogens with zero attached hydrogens (tertiary/aromatic N) is 4. The van der Waals surface area contributed by atoms with Crippen LogP contribution in [-0.4, -0.2) is 74.6 Å². The molecule has 8 nitrogen and oxygen atoms in total. The number of quaternary nitrogens is 1. The summed E-state index contributed by atoms with van der Waals surface area (Å²) in [6.45, 7) is 0.299. The van der Waals surface area contributed by atoms with Gasteiger partial charge in [0.05, 0.1) is 41.6 Å². The van der Waals surface area contributed by atoms with E-state index in [4.69, 9.17) is 19.4 Å². The number of ether oxygens (including phenoxy) is 2. The van der Waals surface area contributed by atoms with Crippen molar-refractivity contribution < 1.29 is 37.0 Å². The first kappa shape index (κ1) is 33.9. The van der Waals surface area contributed by atoms with E-state index >= 15 is 8.78 Å². The van der Waals surface area contributed by atoms with Crippen molar-refractivity contribution in [2.24, 2.45) is 0 Å². The Morgan fingerprint density at radius 1 is 1.00 bits per heavy atom. The summed E-state index contributed by atoms with van der Waals surface area (Å²) in [7, 11) is 10.9. The monoisotopic (exact) mass is 627 g/mol. The molecule has 0 amide bonds. The Balaban J connectivity index is 0.00000169. The first-order valence-corrected chi connectivity index (χ1v) is 14.2. The van der Waals surface area contributed by atoms with E-state index in [2.05, 4.69) is 16.8 Å². The van der Waals surface area contributed by atoms with Crippen molar-refractivity contribution in [1.29, 1.82) is 0 Å². The van der Waals surface area contributed by atoms with Crippen molar-refractivity contribution in [2.45, 2.75) is 10.9 Å². The third kappa shape index (κ3) is 8.72. The van der Waals surface area contributed by atoms with Crippen molar-refractivity contribution in [1.82, 2.24) is 9.55 Å². The van der Waals surface area contributed by atoms with Crippen molar-refractivity contribution in [3.63, 3.8) is 0 Å². The zero-order chi connectivity index (χ0) is 32.4. The highest BCUT2D eigenvalue weighted by molar-refractivity contribution is 7.98. The second-order valence-corrected chi connectivity index (χ2v) is 11.3. The van der Waals surface area contributed by atoms with Gasteiger partial charge in [-0.05, 0) is 54.5 Å². The van der Waals surface area contributed by atoms with Crippen LogP contribution in [0.2, 0.25) is 0 Å². The fourth-order valence-electron chi connectivity index (χ4n) is 3.99. The third-order valence-corrected chi connectivity index (χ3v) is 7.15. The van der Waals surface area contributed by atoms with Crippen molar-refractivity contribution in [2.75, 3.05) is 53.9 Å². The highest BCUT2D eigenvalue weighted by atomic mass is 32.2. The van der Waals surface area contributed by atoms with Crippen LogP contribution < -0.4 is 14.4 Å². The molecule has 0 saturated carbocycles. The van der Waals surface area contributed by atoms with Crippen molar-refractivity contribution in [3.8, 4) is 29.0 Å². The molecular weight excluding hydrogens is 593 g/mol. The molecule has 3 aromatic carbocycles. The molecule has 0 saturated heterocycles. The van der Waals surface area contributed by atoms with Gasteiger partial charge in [-0.25, -0.2) is 18.2 Å². The van der Waals surface area contributed by atoms with E-state index in [0.29, 0.717) is 39.2 Å². The van der Waals surface area contributed by atoms with Gasteiger partial charge in [-0.2, -0.15) is 0 Å². The van der Waals surface area contributed by atoms with Crippen LogP contribution in [0.5, 0.6) is 11.5 Å². The van der Waals surface area contributed by atoms with Gasteiger partial charge in [0.25, 0.3) is 6.47 Å². The van der Waals surface area contributed by atoms with Crippen molar-refractivity contribution >= 4 is 29.7 Å². The molecule has 0 aliphatic carbocycles. The summed E-state index contributed by atoms with van der Waals surface area (Å²) in [5.74, 6) is 5.86. The zero-order valence-electron chi connectivity index (χ0n) is 25.3. The van der Waals surface area contributed by atoms with Crippen LogP contribution >= 0.6 is 11.8 Å². The van der Waals surface area contributed by atoms with Gasteiger partial charge in [-0.3, -0.25) is 9.36 Å². The summed E-state index contributed by atoms with van der Waals surface area (Å²) in [5.41, 5.74) is 1.63. The van der Waals surface area contributed by atoms with E-state index in [9.17, 15) is 4.39 Å². The summed E-state index contributed by atoms with van der Waals surface area (Å²) in [6.07, 6.45) is 1.65. The highest BCUT2D eigenvalue weighted by Gasteiger charge is 2.20. The summed E-state index contributed by atoms with van der Waals surface area (Å²) >= 11 is 1.17. The number of thioether (sulfide) groups is 1. The Labute approximate surface area is 259 Å². The maximum absolute atomic E-state index is 15.0. The smallest absolute Gasteiger partial charge is 0.290 e. The maximum atomic E-state index is 15.0. The largest absolute Gasteiger partial charge is 0.493 e. The van der Waals surface area contributed by atoms with Gasteiger partial charge >= 0.3 is 0 Å². The van der Waals surface area contributed by atoms with Gasteiger partial charge < -0.3 is 24.0 Å². The topological polar surface area (TPSA) is 76.8 Å². The molecule has 0 atom stereocenters. The lowest BCUT2D eigenvalue weighted by Gasteiger charge is -2.23. The zero-order valence-corrected chi connectivity index (χ0v) is 26.1. The molecule has 1 heterocycles. The fourth-order valence-corrected chi connectivity index (χ4v) is 5.00. The summed E-state index contributed by atoms with van der Waals surface area (Å²) in [5, 5.41) is 7.37. The van der Waals surface area contributed by atoms with Gasteiger partial charge in [0.15, 0.2) is 16.7 Å². The molecule has 12 heteroatoms. The summed E-state index contributed by atoms with van der Waals surface area (Å²) in [6, 6.07) is 13.9. The molecule has 4 rings (SSSR count). The molecule has 0 bridgehead atoms. The maximum Gasteiger partial charge on any atom is 0.290 e. The van der Waals surface area contributed by atoms with Crippen LogP contribution in [0.15, 0.2) is 66.0 Å². The summed E-state index contributed by atoms with van der Waals surface area (Å²) in [4.78, 5) is 14.8. The standard InChI is InChI=1S/C31H32F3N4O2S.CH2O2/c1-36(24-13-14-28(39-5)29(18-24)40-6)30-19-35-31(37(30)23-11-9-22(32)10-12-23)41-20-25-26(33)16-21(17-27(25)34)8-7-15-38(2,3)4;2-1-3/h9-14,16-19H,15,20H2,1-6H3;1H,(H,2,3)/q+1;. The number of halogens is 3. The normalized spacial score (nSPS) is 10.7. The van der Waals surface area contributed by atoms with Gasteiger partial charge in [0.1, 0.15) is 29.8 Å². The van der Waals surface area contributed by atoms with E-state index in [1.807, 2.05) is 45.2 Å². The van der Waals surface area contributed by atoms with Crippen LogP contribution in [0.1, 0.15) is 11.1 Å². The van der Waals surface area contributed by atoms with Crippen molar-refractivity contribution in [3.05, 3.63) is 89.4 Å². The average Bonchev–Trinajstić information content (AvgIpc) is 3.40. The first-order valence-electron chi connectivity index (χ1n) is 13.2. The predicted octanol–water partition coefficient (Wildman–Crippen LogP) is 6.13. The molecule has 232 valence electrons. The Morgan fingerprint density at radius 2 is 1.61 bits per heavy atom. The van der Waals surface area contributed by atoms with E-state index in [-0.39, 0.29) is 29.2 Å². The quantitative estimate of drug-likeness (QED) is 0.104. The number of aromatic nitrogens is 2. The number of carbonyl (C=O) groups is 1. The first-order chi connectivity index (χ1) is 20.9. The Bertz CT molecular complexity index is 1620. The molecule has 44 heavy (non-hydrogen) atoms. The lowest BCUT2D eigenvalue weighted by atomic mass is 10.1. The van der Waals surface area contributed by atoms with Crippen LogP contribution in [0.4, 0.5) is 24.7 Å². The SMILES string of the molecule is COc1ccc(N(C)c2cnc(SCc3c(F)cc(C#CC[N+](C)(C)C)cc3F)n2-c2ccc(F)cc2)cc1OC.O=CO. The number of carboxylic acid groups (broad SMARTS) is 1. The summed E-state index contributed by atoms with van der Waals surface area (Å²) < 4.78 is 57.0. The fraction of sp³-hybridized carbons (Fsp3) is 0.250. The van der Waals surface area contributed by atoms with E-state index in [1.165, 1.54) is 36.0 Å². The van der Waals surface area contributed by atoms with E-state index in [1.54, 1.807) is 43.2 Å². The molecule has 1 aromatic heterocycles. The highest BCUT2D eigenvalue weighted by Crippen LogP contribution is 2.37. The van der Waals surface area contributed by atoms with E-state index in [0.717, 1.165) is 5.69 Å². The van der Waals surface area contributed by atoms with Crippen LogP contribution in [0.25, 0.3) is 5.69 Å². The van der Waals surface area contributed by atoms with Crippen LogP contribution in [0, 0.1) is 29.3 Å². The molecular formula is C32H34F3N4O4S+. The number of benzene rings is 3. The minimum Gasteiger partial charge on any atom is -0.493 e. The van der Waals surface area contributed by atoms with Gasteiger partial charge in [0, 0.05) is 41.4 Å². The predicted molar refractivity (Wildman–Crippen MR) is 166 cm³/mol. The number of hydrogen-bond acceptors (Lipinski definition) is 6. The molecule has 0 fully saturated rings. The van der Waals surface area contributed by atoms with Gasteiger partial charge in [0.2, 0.25) is 0 Å². The molecule has 0 aliphatic rings. The number of methoxy groups -OCH3 is 2. The molecule has 1 N–H and O–H groups in total. The lowest BCUT2D eigenvalue weighted by Crippen LogP contribution is -2.34. The Morgan fingerprint density at radius 3 is 2.18 bits per heavy atom. The third-order valence-electron chi connectivity index (χ3n) is 6.17. The minimum atomic E-state index is -0.672. The number of rotatable bonds is 9. The second-order valence-electron chi connectivity index (χ2n) is 10.4. The van der Waals surface area contributed by atoms with Crippen LogP contribution in [0.3, 0.4) is 0 Å². The number of hydrogen-bond donors (Lipinski definition) is 1. The lowest BCUT2D eigenvalue weighted by molar-refractivity contribution is -0.862. The van der Waals surface area contributed by atoms with Gasteiger partial charge in [-0.15, -0.1) is 0 Å². The van der Waals surface area contributed by atoms with E-state index < -0.39 is 11.6 Å². The number of anilines is 2. The number of imidazole rings is 1. The van der Waals surface area contributed by atoms with Gasteiger partial charge in [-0.1, -0.05) is 17.7 Å². The molecule has 0 aliphatic heterocycles.